The topological polar surface area (TPSA) is 65.0 Å². The molecule has 2 atom stereocenters. The Labute approximate surface area is 167 Å². The second-order valence-electron chi connectivity index (χ2n) is 6.32. The van der Waals surface area contributed by atoms with Gasteiger partial charge < -0.3 is 19.3 Å². The van der Waals surface area contributed by atoms with Crippen LogP contribution in [0.3, 0.4) is 0 Å². The molecular formula is C22H17ClO5. The monoisotopic (exact) mass is 396 g/mol. The number of rotatable bonds is 5. The predicted molar refractivity (Wildman–Crippen MR) is 104 cm³/mol. The minimum Gasteiger partial charge on any atom is -0.488 e. The molecule has 28 heavy (non-hydrogen) atoms. The van der Waals surface area contributed by atoms with Gasteiger partial charge >= 0.3 is 5.97 Å². The number of benzene rings is 3. The lowest BCUT2D eigenvalue weighted by Gasteiger charge is -2.32. The number of hydrogen-bond acceptors (Lipinski definition) is 4. The smallest absolute Gasteiger partial charge is 0.349 e. The number of halogens is 1. The van der Waals surface area contributed by atoms with Crippen molar-refractivity contribution >= 4 is 17.6 Å². The second kappa shape index (κ2) is 7.82. The van der Waals surface area contributed by atoms with Gasteiger partial charge in [-0.25, -0.2) is 4.79 Å². The molecule has 2 unspecified atom stereocenters. The summed E-state index contributed by atoms with van der Waals surface area (Å²) in [5, 5.41) is 10.1. The van der Waals surface area contributed by atoms with Gasteiger partial charge in [0.2, 0.25) is 6.10 Å². The fourth-order valence-electron chi connectivity index (χ4n) is 3.06. The van der Waals surface area contributed by atoms with E-state index in [2.05, 4.69) is 0 Å². The predicted octanol–water partition coefficient (Wildman–Crippen LogP) is 4.88. The lowest BCUT2D eigenvalue weighted by molar-refractivity contribution is -0.151. The minimum absolute atomic E-state index is 0.331. The molecule has 0 aromatic heterocycles. The van der Waals surface area contributed by atoms with Gasteiger partial charge in [0.15, 0.2) is 17.6 Å². The second-order valence-corrected chi connectivity index (χ2v) is 6.75. The summed E-state index contributed by atoms with van der Waals surface area (Å²) in [5.41, 5.74) is 1.51. The number of hydrogen-bond donors (Lipinski definition) is 1. The molecule has 1 heterocycles. The summed E-state index contributed by atoms with van der Waals surface area (Å²) < 4.78 is 17.7. The van der Waals surface area contributed by atoms with Gasteiger partial charge in [-0.1, -0.05) is 54.1 Å². The van der Waals surface area contributed by atoms with E-state index in [1.165, 1.54) is 0 Å². The zero-order chi connectivity index (χ0) is 19.5. The molecule has 1 aliphatic rings. The maximum Gasteiger partial charge on any atom is 0.349 e. The third-order valence-corrected chi connectivity index (χ3v) is 4.63. The molecule has 0 saturated heterocycles. The third-order valence-electron chi connectivity index (χ3n) is 4.39. The van der Waals surface area contributed by atoms with Crippen LogP contribution in [0.4, 0.5) is 0 Å². The van der Waals surface area contributed by atoms with Crippen LogP contribution >= 0.6 is 11.6 Å². The number of carbonyl (C=O) groups is 1. The maximum absolute atomic E-state index is 11.8. The molecule has 0 bridgehead atoms. The zero-order valence-corrected chi connectivity index (χ0v) is 15.5. The van der Waals surface area contributed by atoms with E-state index in [-0.39, 0.29) is 0 Å². The average Bonchev–Trinajstić information content (AvgIpc) is 2.72. The van der Waals surface area contributed by atoms with Crippen LogP contribution in [-0.4, -0.2) is 17.2 Å². The Morgan fingerprint density at radius 3 is 2.36 bits per heavy atom. The largest absolute Gasteiger partial charge is 0.488 e. The van der Waals surface area contributed by atoms with Crippen molar-refractivity contribution in [2.75, 3.05) is 0 Å². The Morgan fingerprint density at radius 2 is 1.64 bits per heavy atom. The first-order chi connectivity index (χ1) is 13.6. The minimum atomic E-state index is -1.23. The molecular weight excluding hydrogens is 380 g/mol. The summed E-state index contributed by atoms with van der Waals surface area (Å²) in [7, 11) is 0. The number of para-hydroxylation sites is 2. The quantitative estimate of drug-likeness (QED) is 0.665. The van der Waals surface area contributed by atoms with Crippen molar-refractivity contribution in [2.24, 2.45) is 0 Å². The highest BCUT2D eigenvalue weighted by Crippen LogP contribution is 2.42. The first kappa shape index (κ1) is 18.2. The molecule has 6 heteroatoms. The third kappa shape index (κ3) is 3.75. The Bertz CT molecular complexity index is 989. The maximum atomic E-state index is 11.8. The molecule has 0 saturated carbocycles. The molecule has 3 aromatic rings. The van der Waals surface area contributed by atoms with Crippen LogP contribution in [-0.2, 0) is 11.4 Å². The fourth-order valence-corrected chi connectivity index (χ4v) is 3.24. The van der Waals surface area contributed by atoms with Gasteiger partial charge in [-0.15, -0.1) is 0 Å². The van der Waals surface area contributed by atoms with Gasteiger partial charge in [-0.3, -0.25) is 0 Å². The van der Waals surface area contributed by atoms with E-state index in [1.807, 2.05) is 30.3 Å². The number of carboxylic acid groups (broad SMARTS) is 1. The lowest BCUT2D eigenvalue weighted by Crippen LogP contribution is -2.39. The summed E-state index contributed by atoms with van der Waals surface area (Å²) in [6.07, 6.45) is -2.13. The van der Waals surface area contributed by atoms with Gasteiger partial charge in [0.05, 0.1) is 0 Å². The molecule has 142 valence electrons. The molecule has 0 spiro atoms. The van der Waals surface area contributed by atoms with E-state index in [0.717, 1.165) is 5.56 Å². The van der Waals surface area contributed by atoms with E-state index in [0.29, 0.717) is 34.4 Å². The van der Waals surface area contributed by atoms with Crippen LogP contribution in [0.5, 0.6) is 17.2 Å². The Hall–Kier alpha value is -3.18. The molecule has 0 aliphatic carbocycles. The summed E-state index contributed by atoms with van der Waals surface area (Å²) >= 11 is 6.18. The number of carboxylic acids is 1. The average molecular weight is 397 g/mol. The highest BCUT2D eigenvalue weighted by atomic mass is 35.5. The number of aliphatic carboxylic acids is 1. The van der Waals surface area contributed by atoms with Gasteiger partial charge in [0, 0.05) is 10.6 Å². The highest BCUT2D eigenvalue weighted by Gasteiger charge is 2.40. The molecule has 3 aromatic carbocycles. The molecule has 1 aliphatic heterocycles. The summed E-state index contributed by atoms with van der Waals surface area (Å²) in [5.74, 6) is 0.222. The zero-order valence-electron chi connectivity index (χ0n) is 14.7. The van der Waals surface area contributed by atoms with E-state index in [9.17, 15) is 9.90 Å². The number of ether oxygens (including phenoxy) is 3. The molecule has 5 nitrogen and oxygen atoms in total. The van der Waals surface area contributed by atoms with Gasteiger partial charge in [0.1, 0.15) is 12.4 Å². The summed E-state index contributed by atoms with van der Waals surface area (Å²) in [4.78, 5) is 11.8. The first-order valence-corrected chi connectivity index (χ1v) is 9.11. The molecule has 0 fully saturated rings. The van der Waals surface area contributed by atoms with Crippen LogP contribution in [0.15, 0.2) is 72.8 Å². The van der Waals surface area contributed by atoms with Crippen molar-refractivity contribution in [3.8, 4) is 17.2 Å². The van der Waals surface area contributed by atoms with Crippen molar-refractivity contribution in [1.82, 2.24) is 0 Å². The van der Waals surface area contributed by atoms with E-state index in [1.54, 1.807) is 42.5 Å². The van der Waals surface area contributed by atoms with Crippen molar-refractivity contribution in [1.29, 1.82) is 0 Å². The summed E-state index contributed by atoms with van der Waals surface area (Å²) in [6, 6.07) is 21.7. The van der Waals surface area contributed by atoms with E-state index in [4.69, 9.17) is 25.8 Å². The molecule has 4 rings (SSSR count). The fraction of sp³-hybridized carbons (Fsp3) is 0.136. The Kier molecular flexibility index (Phi) is 5.08. The van der Waals surface area contributed by atoms with Crippen LogP contribution in [0, 0.1) is 0 Å². The Balaban J connectivity index is 1.68. The lowest BCUT2D eigenvalue weighted by atomic mass is 10.0. The van der Waals surface area contributed by atoms with Gasteiger partial charge in [-0.05, 0) is 35.9 Å². The van der Waals surface area contributed by atoms with Crippen molar-refractivity contribution in [2.45, 2.75) is 18.8 Å². The van der Waals surface area contributed by atoms with Crippen LogP contribution in [0.2, 0.25) is 5.02 Å². The standard InChI is InChI=1S/C22H17ClO5/c23-15-10-11-17(26-13-14-6-2-1-3-7-14)16(12-15)20-21(22(24)25)28-19-9-5-4-8-18(19)27-20/h1-12,20-21H,13H2,(H,24,25). The van der Waals surface area contributed by atoms with Crippen molar-refractivity contribution < 1.29 is 24.1 Å². The van der Waals surface area contributed by atoms with Crippen LogP contribution in [0.1, 0.15) is 17.2 Å². The highest BCUT2D eigenvalue weighted by molar-refractivity contribution is 6.30. The van der Waals surface area contributed by atoms with Crippen LogP contribution < -0.4 is 14.2 Å². The molecule has 0 radical (unpaired) electrons. The van der Waals surface area contributed by atoms with Crippen molar-refractivity contribution in [3.63, 3.8) is 0 Å². The van der Waals surface area contributed by atoms with Crippen molar-refractivity contribution in [3.05, 3.63) is 88.9 Å². The normalized spacial score (nSPS) is 17.8. The first-order valence-electron chi connectivity index (χ1n) is 8.73. The number of fused-ring (bicyclic) bond motifs is 1. The van der Waals surface area contributed by atoms with Crippen LogP contribution in [0.25, 0.3) is 0 Å². The van der Waals surface area contributed by atoms with Gasteiger partial charge in [0.25, 0.3) is 0 Å². The van der Waals surface area contributed by atoms with E-state index >= 15 is 0 Å². The van der Waals surface area contributed by atoms with E-state index < -0.39 is 18.2 Å². The molecule has 1 N–H and O–H groups in total. The van der Waals surface area contributed by atoms with Gasteiger partial charge in [-0.2, -0.15) is 0 Å². The molecule has 0 amide bonds. The summed E-state index contributed by atoms with van der Waals surface area (Å²) in [6.45, 7) is 0.331. The SMILES string of the molecule is O=C(O)C1Oc2ccccc2OC1c1cc(Cl)ccc1OCc1ccccc1. The Morgan fingerprint density at radius 1 is 0.964 bits per heavy atom.